The minimum absolute atomic E-state index is 0.00465. The van der Waals surface area contributed by atoms with E-state index in [0.717, 1.165) is 28.1 Å². The molecule has 1 aliphatic heterocycles. The second-order valence-corrected chi connectivity index (χ2v) is 8.60. The monoisotopic (exact) mass is 399 g/mol. The molecular weight excluding hydrogens is 377 g/mol. The lowest BCUT2D eigenvalue weighted by molar-refractivity contribution is -0.131. The molecule has 3 heterocycles. The third-order valence-corrected chi connectivity index (χ3v) is 6.56. The van der Waals surface area contributed by atoms with E-state index in [1.165, 1.54) is 23.5 Å². The highest BCUT2D eigenvalue weighted by molar-refractivity contribution is 7.18. The number of likely N-dealkylation sites (tertiary alicyclic amines) is 1. The lowest BCUT2D eigenvalue weighted by Gasteiger charge is -2.32. The van der Waals surface area contributed by atoms with Gasteiger partial charge in [-0.05, 0) is 49.9 Å². The molecule has 1 aromatic carbocycles. The van der Waals surface area contributed by atoms with Gasteiger partial charge in [-0.25, -0.2) is 9.37 Å². The number of rotatable bonds is 3. The van der Waals surface area contributed by atoms with Crippen LogP contribution in [-0.4, -0.2) is 33.9 Å². The Morgan fingerprint density at radius 2 is 2.21 bits per heavy atom. The van der Waals surface area contributed by atoms with E-state index in [1.54, 1.807) is 17.0 Å². The first-order valence-electron chi connectivity index (χ1n) is 9.44. The number of piperidine rings is 1. The lowest BCUT2D eigenvalue weighted by atomic mass is 9.96. The number of aryl methyl sites for hydroxylation is 2. The van der Waals surface area contributed by atoms with E-state index in [4.69, 9.17) is 4.98 Å². The molecule has 1 aliphatic rings. The fraction of sp³-hybridized carbons (Fsp3) is 0.381. The molecule has 0 aliphatic carbocycles. The normalized spacial score (nSPS) is 17.2. The number of thiophene rings is 1. The maximum Gasteiger partial charge on any atom is 0.259 e. The molecule has 0 bridgehead atoms. The largest absolute Gasteiger partial charge is 0.342 e. The summed E-state index contributed by atoms with van der Waals surface area (Å²) in [7, 11) is 0. The van der Waals surface area contributed by atoms with Gasteiger partial charge in [-0.15, -0.1) is 11.3 Å². The summed E-state index contributed by atoms with van der Waals surface area (Å²) >= 11 is 1.53. The molecule has 1 atom stereocenters. The van der Waals surface area contributed by atoms with Gasteiger partial charge in [-0.1, -0.05) is 12.1 Å². The van der Waals surface area contributed by atoms with Gasteiger partial charge < -0.3 is 9.88 Å². The number of halogens is 1. The second-order valence-electron chi connectivity index (χ2n) is 7.40. The van der Waals surface area contributed by atoms with E-state index >= 15 is 0 Å². The first-order chi connectivity index (χ1) is 13.4. The zero-order valence-corrected chi connectivity index (χ0v) is 16.7. The van der Waals surface area contributed by atoms with Crippen LogP contribution < -0.4 is 5.56 Å². The second kappa shape index (κ2) is 7.47. The molecule has 4 rings (SSSR count). The third-order valence-electron chi connectivity index (χ3n) is 5.46. The van der Waals surface area contributed by atoms with Gasteiger partial charge in [0.25, 0.3) is 5.56 Å². The summed E-state index contributed by atoms with van der Waals surface area (Å²) in [5, 5.41) is 0.668. The van der Waals surface area contributed by atoms with Crippen LogP contribution in [0.15, 0.2) is 29.1 Å². The standard InChI is InChI=1S/C21H22FN3O2S/c1-12-13(2)28-21-18(12)20(27)23-19(24-21)15-6-4-8-25(11-15)17(26)10-14-5-3-7-16(22)9-14/h3,5,7,9,15H,4,6,8,10-11H2,1-2H3,(H,23,24,27)/t15-/m0/s1. The van der Waals surface area contributed by atoms with Crippen LogP contribution in [0.5, 0.6) is 0 Å². The van der Waals surface area contributed by atoms with Crippen LogP contribution in [0.25, 0.3) is 10.2 Å². The molecule has 1 amide bonds. The number of amides is 1. The number of fused-ring (bicyclic) bond motifs is 1. The fourth-order valence-electron chi connectivity index (χ4n) is 3.82. The van der Waals surface area contributed by atoms with E-state index < -0.39 is 0 Å². The van der Waals surface area contributed by atoms with Crippen molar-refractivity contribution in [3.05, 3.63) is 62.3 Å². The molecule has 2 aromatic heterocycles. The Balaban J connectivity index is 1.54. The van der Waals surface area contributed by atoms with Gasteiger partial charge in [-0.3, -0.25) is 9.59 Å². The molecule has 0 saturated carbocycles. The third kappa shape index (κ3) is 3.58. The Hall–Kier alpha value is -2.54. The molecule has 1 saturated heterocycles. The molecule has 5 nitrogen and oxygen atoms in total. The van der Waals surface area contributed by atoms with Crippen molar-refractivity contribution >= 4 is 27.5 Å². The minimum atomic E-state index is -0.335. The van der Waals surface area contributed by atoms with Gasteiger partial charge in [0, 0.05) is 23.9 Å². The quantitative estimate of drug-likeness (QED) is 0.730. The van der Waals surface area contributed by atoms with E-state index in [0.29, 0.717) is 29.9 Å². The van der Waals surface area contributed by atoms with Gasteiger partial charge in [-0.2, -0.15) is 0 Å². The highest BCUT2D eigenvalue weighted by Crippen LogP contribution is 2.29. The molecule has 1 fully saturated rings. The van der Waals surface area contributed by atoms with Crippen molar-refractivity contribution in [2.75, 3.05) is 13.1 Å². The summed E-state index contributed by atoms with van der Waals surface area (Å²) in [6.07, 6.45) is 1.90. The van der Waals surface area contributed by atoms with E-state index in [9.17, 15) is 14.0 Å². The number of H-pyrrole nitrogens is 1. The maximum atomic E-state index is 13.4. The number of nitrogens with one attached hydrogen (secondary N) is 1. The molecule has 0 unspecified atom stereocenters. The molecule has 146 valence electrons. The molecular formula is C21H22FN3O2S. The zero-order chi connectivity index (χ0) is 19.8. The van der Waals surface area contributed by atoms with Gasteiger partial charge in [0.15, 0.2) is 0 Å². The van der Waals surface area contributed by atoms with Crippen molar-refractivity contribution in [3.63, 3.8) is 0 Å². The Kier molecular flexibility index (Phi) is 5.02. The zero-order valence-electron chi connectivity index (χ0n) is 15.9. The molecule has 1 N–H and O–H groups in total. The molecule has 28 heavy (non-hydrogen) atoms. The first-order valence-corrected chi connectivity index (χ1v) is 10.3. The fourth-order valence-corrected chi connectivity index (χ4v) is 4.86. The number of nitrogens with zero attached hydrogens (tertiary/aromatic N) is 2. The molecule has 7 heteroatoms. The minimum Gasteiger partial charge on any atom is -0.342 e. The van der Waals surface area contributed by atoms with Gasteiger partial charge in [0.2, 0.25) is 5.91 Å². The number of carbonyl (C=O) groups is 1. The number of aromatic nitrogens is 2. The van der Waals surface area contributed by atoms with Crippen LogP contribution in [-0.2, 0) is 11.2 Å². The summed E-state index contributed by atoms with van der Waals surface area (Å²) in [4.78, 5) is 36.6. The Bertz CT molecular complexity index is 1100. The van der Waals surface area contributed by atoms with Gasteiger partial charge >= 0.3 is 0 Å². The molecule has 0 spiro atoms. The number of hydrogen-bond acceptors (Lipinski definition) is 4. The number of benzene rings is 1. The van der Waals surface area contributed by atoms with Gasteiger partial charge in [0.05, 0.1) is 11.8 Å². The summed E-state index contributed by atoms with van der Waals surface area (Å²) in [6, 6.07) is 6.15. The molecule has 3 aromatic rings. The summed E-state index contributed by atoms with van der Waals surface area (Å²) in [6.45, 7) is 5.13. The van der Waals surface area contributed by atoms with E-state index in [2.05, 4.69) is 4.98 Å². The van der Waals surface area contributed by atoms with Crippen LogP contribution in [0, 0.1) is 19.7 Å². The van der Waals surface area contributed by atoms with Crippen LogP contribution in [0.3, 0.4) is 0 Å². The Morgan fingerprint density at radius 3 is 3.00 bits per heavy atom. The van der Waals surface area contributed by atoms with Crippen LogP contribution >= 0.6 is 11.3 Å². The summed E-state index contributed by atoms with van der Waals surface area (Å²) in [5.41, 5.74) is 1.55. The van der Waals surface area contributed by atoms with E-state index in [-0.39, 0.29) is 29.6 Å². The summed E-state index contributed by atoms with van der Waals surface area (Å²) < 4.78 is 13.4. The van der Waals surface area contributed by atoms with Crippen molar-refractivity contribution < 1.29 is 9.18 Å². The van der Waals surface area contributed by atoms with Crippen LogP contribution in [0.4, 0.5) is 4.39 Å². The number of carbonyl (C=O) groups excluding carboxylic acids is 1. The lowest BCUT2D eigenvalue weighted by Crippen LogP contribution is -2.40. The molecule has 0 radical (unpaired) electrons. The average molecular weight is 399 g/mol. The van der Waals surface area contributed by atoms with Crippen LogP contribution in [0.1, 0.15) is 40.6 Å². The maximum absolute atomic E-state index is 13.4. The predicted molar refractivity (Wildman–Crippen MR) is 108 cm³/mol. The SMILES string of the molecule is Cc1sc2nc([C@H]3CCCN(C(=O)Cc4cccc(F)c4)C3)[nH]c(=O)c2c1C. The Labute approximate surface area is 166 Å². The highest BCUT2D eigenvalue weighted by atomic mass is 32.1. The number of hydrogen-bond donors (Lipinski definition) is 1. The highest BCUT2D eigenvalue weighted by Gasteiger charge is 2.27. The average Bonchev–Trinajstić information content (AvgIpc) is 2.96. The van der Waals surface area contributed by atoms with E-state index in [1.807, 2.05) is 13.8 Å². The topological polar surface area (TPSA) is 66.1 Å². The summed E-state index contributed by atoms with van der Waals surface area (Å²) in [5.74, 6) is 0.298. The van der Waals surface area contributed by atoms with Crippen molar-refractivity contribution in [2.45, 2.75) is 39.0 Å². The van der Waals surface area contributed by atoms with Crippen molar-refractivity contribution in [3.8, 4) is 0 Å². The van der Waals surface area contributed by atoms with Crippen molar-refractivity contribution in [1.82, 2.24) is 14.9 Å². The number of aromatic amines is 1. The van der Waals surface area contributed by atoms with Crippen molar-refractivity contribution in [2.24, 2.45) is 0 Å². The van der Waals surface area contributed by atoms with Gasteiger partial charge in [0.1, 0.15) is 16.5 Å². The first kappa shape index (κ1) is 18.8. The van der Waals surface area contributed by atoms with Crippen LogP contribution in [0.2, 0.25) is 0 Å². The smallest absolute Gasteiger partial charge is 0.259 e. The Morgan fingerprint density at radius 1 is 1.39 bits per heavy atom. The predicted octanol–water partition coefficient (Wildman–Crippen LogP) is 3.69. The van der Waals surface area contributed by atoms with Crippen molar-refractivity contribution in [1.29, 1.82) is 0 Å².